The molecule has 0 heterocycles. The van der Waals surface area contributed by atoms with Crippen molar-refractivity contribution in [2.24, 2.45) is 5.73 Å². The topological polar surface area (TPSA) is 80.4 Å². The fourth-order valence-corrected chi connectivity index (χ4v) is 2.04. The second-order valence-electron chi connectivity index (χ2n) is 5.41. The molecule has 0 aromatic heterocycles. The zero-order valence-electron chi connectivity index (χ0n) is 13.5. The fraction of sp³-hybridized carbons (Fsp3) is 0.867. The van der Waals surface area contributed by atoms with Gasteiger partial charge in [-0.05, 0) is 6.92 Å². The van der Waals surface area contributed by atoms with E-state index >= 15 is 0 Å². The molecule has 0 rings (SSSR count). The summed E-state index contributed by atoms with van der Waals surface area (Å²) < 4.78 is 0.480. The molecule has 0 bridgehead atoms. The molecule has 20 heavy (non-hydrogen) atoms. The Morgan fingerprint density at radius 1 is 1.00 bits per heavy atom. The molecule has 0 aromatic carbocycles. The monoisotopic (exact) mass is 295 g/mol. The Bertz CT molecular complexity index is 245. The molecule has 114 valence electrons. The molecule has 0 saturated heterocycles. The van der Waals surface area contributed by atoms with Crippen LogP contribution < -0.4 is 5.73 Å². The Balaban J connectivity index is 0. The predicted molar refractivity (Wildman–Crippen MR) is 83.9 cm³/mol. The number of rotatable bonds is 11. The van der Waals surface area contributed by atoms with Crippen LogP contribution in [0.3, 0.4) is 0 Å². The molecule has 0 aliphatic heterocycles. The van der Waals surface area contributed by atoms with Gasteiger partial charge in [-0.25, -0.2) is 0 Å². The Hall–Kier alpha value is 0.1000. The number of hydrogen-bond acceptors (Lipinski definition) is 3. The van der Waals surface area contributed by atoms with E-state index in [1.165, 1.54) is 58.3 Å². The number of carbonyl (C=O) groups excluding carboxylic acids is 1. The minimum atomic E-state index is -0.963. The maximum atomic E-state index is 10.7. The third-order valence-corrected chi connectivity index (χ3v) is 3.52. The molecular formula is C15H30NNaO3. The quantitative estimate of drug-likeness (QED) is 0.453. The van der Waals surface area contributed by atoms with Crippen LogP contribution in [0.5, 0.6) is 0 Å². The van der Waals surface area contributed by atoms with E-state index in [9.17, 15) is 9.59 Å². The Kier molecular flexibility index (Phi) is 19.2. The van der Waals surface area contributed by atoms with Crippen LogP contribution in [0.4, 0.5) is 0 Å². The van der Waals surface area contributed by atoms with Crippen molar-refractivity contribution in [2.45, 2.75) is 84.1 Å². The molecule has 0 aromatic rings. The molecule has 0 spiro atoms. The average molecular weight is 295 g/mol. The molecule has 0 radical (unpaired) electrons. The van der Waals surface area contributed by atoms with Crippen LogP contribution in [0.2, 0.25) is 0 Å². The van der Waals surface area contributed by atoms with Gasteiger partial charge >= 0.3 is 113 Å². The summed E-state index contributed by atoms with van der Waals surface area (Å²) in [6, 6.07) is -0.731. The van der Waals surface area contributed by atoms with Gasteiger partial charge in [-0.1, -0.05) is 0 Å². The molecule has 4 nitrogen and oxygen atoms in total. The van der Waals surface area contributed by atoms with Crippen molar-refractivity contribution >= 4 is 36.9 Å². The summed E-state index contributed by atoms with van der Waals surface area (Å²) in [7, 11) is 0. The molecule has 0 aliphatic rings. The van der Waals surface area contributed by atoms with E-state index in [0.29, 0.717) is 3.03 Å². The number of carboxylic acid groups (broad SMARTS) is 1. The van der Waals surface area contributed by atoms with Crippen LogP contribution >= 0.6 is 0 Å². The van der Waals surface area contributed by atoms with Gasteiger partial charge in [0, 0.05) is 0 Å². The Labute approximate surface area is 141 Å². The summed E-state index contributed by atoms with van der Waals surface area (Å²) in [5.74, 6) is -0.963. The third-order valence-electron chi connectivity index (χ3n) is 3.02. The maximum absolute atomic E-state index is 10.7. The zero-order chi connectivity index (χ0) is 15.8. The van der Waals surface area contributed by atoms with Gasteiger partial charge in [-0.2, -0.15) is 0 Å². The molecule has 5 heteroatoms. The summed E-state index contributed by atoms with van der Waals surface area (Å²) in [6.07, 6.45) is 12.9. The first-order valence-corrected chi connectivity index (χ1v) is 8.89. The van der Waals surface area contributed by atoms with E-state index < -0.39 is 12.0 Å². The standard InChI is InChI=1S/C12H23O.C3H7NO2.Na/c1-2-3-4-5-6-7-8-9-10-11-12-13;1-2(4)3(5)6;/h2-11H2,1H3;2H,4H2,1H3,(H,5,6);. The number of nitrogens with two attached hydrogens (primary N) is 1. The molecule has 0 amide bonds. The van der Waals surface area contributed by atoms with Crippen LogP contribution in [-0.4, -0.2) is 48.1 Å². The summed E-state index contributed by atoms with van der Waals surface area (Å²) in [5.41, 5.74) is 4.84. The van der Waals surface area contributed by atoms with Crippen molar-refractivity contribution in [1.82, 2.24) is 0 Å². The van der Waals surface area contributed by atoms with Crippen LogP contribution in [0, 0.1) is 0 Å². The van der Waals surface area contributed by atoms with Gasteiger partial charge in [0.1, 0.15) is 6.04 Å². The molecule has 1 atom stereocenters. The van der Waals surface area contributed by atoms with E-state index in [0.717, 1.165) is 40.8 Å². The number of carbonyl (C=O) groups is 2. The second-order valence-corrected chi connectivity index (χ2v) is 6.52. The first-order chi connectivity index (χ1) is 9.41. The van der Waals surface area contributed by atoms with Crippen molar-refractivity contribution in [3.8, 4) is 0 Å². The molecular weight excluding hydrogens is 265 g/mol. The van der Waals surface area contributed by atoms with Crippen molar-refractivity contribution in [1.29, 1.82) is 0 Å². The number of carboxylic acids is 1. The number of hydrogen-bond donors (Lipinski definition) is 2. The van der Waals surface area contributed by atoms with Gasteiger partial charge < -0.3 is 10.8 Å². The fourth-order valence-electron chi connectivity index (χ4n) is 1.68. The van der Waals surface area contributed by atoms with Crippen molar-refractivity contribution in [3.05, 3.63) is 0 Å². The van der Waals surface area contributed by atoms with Gasteiger partial charge in [0.15, 0.2) is 0 Å². The summed E-state index contributed by atoms with van der Waals surface area (Å²) in [6.45, 7) is 3.67. The minimum absolute atomic E-state index is 0.480. The van der Waals surface area contributed by atoms with E-state index in [-0.39, 0.29) is 0 Å². The van der Waals surface area contributed by atoms with Crippen LogP contribution in [0.15, 0.2) is 0 Å². The summed E-state index contributed by atoms with van der Waals surface area (Å²) in [4.78, 5) is 20.3. The van der Waals surface area contributed by atoms with Gasteiger partial charge in [0.25, 0.3) is 0 Å². The van der Waals surface area contributed by atoms with Gasteiger partial charge in [-0.15, -0.1) is 0 Å². The predicted octanol–water partition coefficient (Wildman–Crippen LogP) is 3.02. The molecule has 1 unspecified atom stereocenters. The van der Waals surface area contributed by atoms with E-state index in [1.54, 1.807) is 0 Å². The summed E-state index contributed by atoms with van der Waals surface area (Å²) in [5, 5.41) is 7.87. The van der Waals surface area contributed by atoms with E-state index in [4.69, 9.17) is 10.8 Å². The number of aliphatic carboxylic acids is 1. The van der Waals surface area contributed by atoms with Crippen molar-refractivity contribution < 1.29 is 14.7 Å². The van der Waals surface area contributed by atoms with Gasteiger partial charge in [-0.3, -0.25) is 4.79 Å². The van der Waals surface area contributed by atoms with Crippen LogP contribution in [0.1, 0.15) is 78.1 Å². The summed E-state index contributed by atoms with van der Waals surface area (Å²) >= 11 is 0.751. The van der Waals surface area contributed by atoms with E-state index in [1.807, 2.05) is 0 Å². The molecule has 0 aliphatic carbocycles. The van der Waals surface area contributed by atoms with Gasteiger partial charge in [0.2, 0.25) is 0 Å². The molecule has 0 fully saturated rings. The Morgan fingerprint density at radius 3 is 1.65 bits per heavy atom. The van der Waals surface area contributed by atoms with E-state index in [2.05, 4.69) is 6.92 Å². The average Bonchev–Trinajstić information content (AvgIpc) is 2.37. The van der Waals surface area contributed by atoms with Crippen molar-refractivity contribution in [3.63, 3.8) is 0 Å². The molecule has 0 saturated carbocycles. The van der Waals surface area contributed by atoms with Crippen LogP contribution in [-0.2, 0) is 9.59 Å². The zero-order valence-corrected chi connectivity index (χ0v) is 15.5. The number of unbranched alkanes of at least 4 members (excludes halogenated alkanes) is 8. The first-order valence-electron chi connectivity index (χ1n) is 7.89. The molecule has 3 N–H and O–H groups in total. The normalized spacial score (nSPS) is 11.4. The van der Waals surface area contributed by atoms with Crippen molar-refractivity contribution in [2.75, 3.05) is 0 Å². The SMILES string of the molecule is CC(N)C(=O)O.CCCCCCCCCCC[C](=O)[Na]. The van der Waals surface area contributed by atoms with Crippen LogP contribution in [0.25, 0.3) is 0 Å². The second kappa shape index (κ2) is 17.2. The third kappa shape index (κ3) is 23.2. The first kappa shape index (κ1) is 22.4. The van der Waals surface area contributed by atoms with Gasteiger partial charge in [0.05, 0.1) is 0 Å². The Morgan fingerprint density at radius 2 is 1.35 bits per heavy atom.